The average molecular weight is 213 g/mol. The third-order valence-corrected chi connectivity index (χ3v) is 1.70. The Balaban J connectivity index is 2.23. The van der Waals surface area contributed by atoms with E-state index in [-0.39, 0.29) is 19.8 Å². The number of carbonyl (C=O) groups is 3. The van der Waals surface area contributed by atoms with Gasteiger partial charge in [0, 0.05) is 12.2 Å². The van der Waals surface area contributed by atoms with E-state index in [0.717, 1.165) is 4.90 Å². The summed E-state index contributed by atoms with van der Waals surface area (Å²) >= 11 is 0. The largest absolute Gasteiger partial charge is 0.508 e. The molecule has 6 heteroatoms. The Morgan fingerprint density at radius 1 is 1.27 bits per heavy atom. The Kier molecular flexibility index (Phi) is 3.84. The number of rotatable bonds is 4. The van der Waals surface area contributed by atoms with Crippen molar-refractivity contribution in [1.82, 2.24) is 4.90 Å². The van der Waals surface area contributed by atoms with Gasteiger partial charge in [-0.2, -0.15) is 0 Å². The Morgan fingerprint density at radius 3 is 2.40 bits per heavy atom. The average Bonchev–Trinajstić information content (AvgIpc) is 2.49. The Bertz CT molecular complexity index is 292. The molecule has 0 spiro atoms. The first-order valence-electron chi connectivity index (χ1n) is 4.48. The van der Waals surface area contributed by atoms with E-state index in [1.807, 2.05) is 0 Å². The van der Waals surface area contributed by atoms with Crippen LogP contribution in [0.15, 0.2) is 12.2 Å². The smallest absolute Gasteiger partial charge is 0.435 e. The molecule has 0 unspecified atom stereocenters. The summed E-state index contributed by atoms with van der Waals surface area (Å²) in [6.45, 7) is 1.86. The lowest BCUT2D eigenvalue weighted by molar-refractivity contribution is -0.137. The fraction of sp³-hybridized carbons (Fsp3) is 0.444. The van der Waals surface area contributed by atoms with Crippen LogP contribution >= 0.6 is 0 Å². The molecule has 0 aromatic heterocycles. The molecule has 1 aliphatic heterocycles. The van der Waals surface area contributed by atoms with Crippen molar-refractivity contribution in [2.24, 2.45) is 0 Å². The third kappa shape index (κ3) is 3.08. The Hall–Kier alpha value is -1.85. The lowest BCUT2D eigenvalue weighted by Crippen LogP contribution is -2.33. The summed E-state index contributed by atoms with van der Waals surface area (Å²) in [6, 6.07) is 0. The van der Waals surface area contributed by atoms with Crippen LogP contribution in [0.1, 0.15) is 6.92 Å². The van der Waals surface area contributed by atoms with Crippen molar-refractivity contribution in [3.05, 3.63) is 12.2 Å². The predicted molar refractivity (Wildman–Crippen MR) is 48.8 cm³/mol. The van der Waals surface area contributed by atoms with Gasteiger partial charge in [-0.15, -0.1) is 0 Å². The van der Waals surface area contributed by atoms with Crippen LogP contribution in [-0.2, 0) is 19.1 Å². The number of carbonyl (C=O) groups excluding carboxylic acids is 3. The molecule has 1 aliphatic rings. The molecule has 0 fully saturated rings. The van der Waals surface area contributed by atoms with Crippen LogP contribution in [-0.4, -0.2) is 42.6 Å². The van der Waals surface area contributed by atoms with Gasteiger partial charge in [-0.3, -0.25) is 14.5 Å². The molecule has 0 saturated heterocycles. The second kappa shape index (κ2) is 5.14. The monoisotopic (exact) mass is 213 g/mol. The van der Waals surface area contributed by atoms with Crippen LogP contribution in [0.2, 0.25) is 0 Å². The van der Waals surface area contributed by atoms with Crippen molar-refractivity contribution >= 4 is 18.0 Å². The quantitative estimate of drug-likeness (QED) is 0.488. The number of nitrogens with zero attached hydrogens (tertiary/aromatic N) is 1. The van der Waals surface area contributed by atoms with Crippen LogP contribution in [0, 0.1) is 0 Å². The van der Waals surface area contributed by atoms with Gasteiger partial charge in [0.15, 0.2) is 0 Å². The second-order valence-corrected chi connectivity index (χ2v) is 2.69. The first-order chi connectivity index (χ1) is 7.15. The highest BCUT2D eigenvalue weighted by Crippen LogP contribution is 2.02. The second-order valence-electron chi connectivity index (χ2n) is 2.69. The van der Waals surface area contributed by atoms with Gasteiger partial charge in [-0.25, -0.2) is 4.79 Å². The van der Waals surface area contributed by atoms with Crippen molar-refractivity contribution in [2.75, 3.05) is 19.8 Å². The lowest BCUT2D eigenvalue weighted by Gasteiger charge is -2.13. The molecule has 0 N–H and O–H groups in total. The molecule has 0 radical (unpaired) electrons. The number of imide groups is 1. The zero-order valence-electron chi connectivity index (χ0n) is 8.26. The van der Waals surface area contributed by atoms with E-state index in [1.54, 1.807) is 6.92 Å². The molecule has 0 aromatic rings. The predicted octanol–water partition coefficient (Wildman–Crippen LogP) is 0.0845. The SMILES string of the molecule is CCOC(=O)OCCN1C(=O)C=CC1=O. The molecule has 0 atom stereocenters. The summed E-state index contributed by atoms with van der Waals surface area (Å²) in [5.41, 5.74) is 0. The normalized spacial score (nSPS) is 14.6. The van der Waals surface area contributed by atoms with Gasteiger partial charge >= 0.3 is 6.16 Å². The molecular formula is C9H11NO5. The zero-order valence-corrected chi connectivity index (χ0v) is 8.26. The molecule has 0 aliphatic carbocycles. The molecule has 0 bridgehead atoms. The van der Waals surface area contributed by atoms with Crippen molar-refractivity contribution in [3.8, 4) is 0 Å². The minimum Gasteiger partial charge on any atom is -0.435 e. The molecule has 82 valence electrons. The van der Waals surface area contributed by atoms with E-state index in [4.69, 9.17) is 0 Å². The van der Waals surface area contributed by atoms with Gasteiger partial charge in [-0.1, -0.05) is 0 Å². The third-order valence-electron chi connectivity index (χ3n) is 1.70. The summed E-state index contributed by atoms with van der Waals surface area (Å²) in [5.74, 6) is -0.792. The van der Waals surface area contributed by atoms with Crippen molar-refractivity contribution in [3.63, 3.8) is 0 Å². The maximum absolute atomic E-state index is 11.0. The lowest BCUT2D eigenvalue weighted by atomic mass is 10.5. The molecule has 2 amide bonds. The number of hydrogen-bond acceptors (Lipinski definition) is 5. The number of hydrogen-bond donors (Lipinski definition) is 0. The van der Waals surface area contributed by atoms with E-state index in [9.17, 15) is 14.4 Å². The summed E-state index contributed by atoms with van der Waals surface area (Å²) in [4.78, 5) is 33.8. The number of ether oxygens (including phenoxy) is 2. The maximum Gasteiger partial charge on any atom is 0.508 e. The number of amides is 2. The van der Waals surface area contributed by atoms with Crippen LogP contribution in [0.25, 0.3) is 0 Å². The van der Waals surface area contributed by atoms with Gasteiger partial charge in [0.25, 0.3) is 11.8 Å². The molecule has 0 aromatic carbocycles. The molecular weight excluding hydrogens is 202 g/mol. The van der Waals surface area contributed by atoms with Crippen LogP contribution in [0.3, 0.4) is 0 Å². The fourth-order valence-electron chi connectivity index (χ4n) is 1.03. The molecule has 1 rings (SSSR count). The van der Waals surface area contributed by atoms with E-state index in [1.165, 1.54) is 12.2 Å². The first kappa shape index (κ1) is 11.2. The summed E-state index contributed by atoms with van der Waals surface area (Å²) in [5, 5.41) is 0. The van der Waals surface area contributed by atoms with E-state index >= 15 is 0 Å². The Labute approximate surface area is 86.4 Å². The van der Waals surface area contributed by atoms with Crippen LogP contribution in [0.4, 0.5) is 4.79 Å². The standard InChI is InChI=1S/C9H11NO5/c1-2-14-9(13)15-6-5-10-7(11)3-4-8(10)12/h3-4H,2,5-6H2,1H3. The topological polar surface area (TPSA) is 72.9 Å². The molecule has 6 nitrogen and oxygen atoms in total. The van der Waals surface area contributed by atoms with E-state index in [0.29, 0.717) is 0 Å². The summed E-state index contributed by atoms with van der Waals surface area (Å²) in [7, 11) is 0. The highest BCUT2D eigenvalue weighted by Gasteiger charge is 2.23. The van der Waals surface area contributed by atoms with Gasteiger partial charge < -0.3 is 9.47 Å². The maximum atomic E-state index is 11.0. The van der Waals surface area contributed by atoms with Gasteiger partial charge in [0.2, 0.25) is 0 Å². The van der Waals surface area contributed by atoms with Crippen molar-refractivity contribution < 1.29 is 23.9 Å². The first-order valence-corrected chi connectivity index (χ1v) is 4.48. The Morgan fingerprint density at radius 2 is 1.87 bits per heavy atom. The van der Waals surface area contributed by atoms with Gasteiger partial charge in [-0.05, 0) is 6.92 Å². The molecule has 15 heavy (non-hydrogen) atoms. The zero-order chi connectivity index (χ0) is 11.3. The van der Waals surface area contributed by atoms with E-state index in [2.05, 4.69) is 9.47 Å². The fourth-order valence-corrected chi connectivity index (χ4v) is 1.03. The molecule has 0 saturated carbocycles. The highest BCUT2D eigenvalue weighted by molar-refractivity contribution is 6.12. The van der Waals surface area contributed by atoms with Crippen LogP contribution < -0.4 is 0 Å². The molecule has 1 heterocycles. The summed E-state index contributed by atoms with van der Waals surface area (Å²) in [6.07, 6.45) is 1.55. The van der Waals surface area contributed by atoms with Crippen molar-refractivity contribution in [1.29, 1.82) is 0 Å². The van der Waals surface area contributed by atoms with Crippen LogP contribution in [0.5, 0.6) is 0 Å². The highest BCUT2D eigenvalue weighted by atomic mass is 16.7. The van der Waals surface area contributed by atoms with Crippen molar-refractivity contribution in [2.45, 2.75) is 6.92 Å². The minimum atomic E-state index is -0.801. The minimum absolute atomic E-state index is 0.0451. The van der Waals surface area contributed by atoms with E-state index < -0.39 is 18.0 Å². The summed E-state index contributed by atoms with van der Waals surface area (Å²) < 4.78 is 9.10. The van der Waals surface area contributed by atoms with Gasteiger partial charge in [0.05, 0.1) is 13.2 Å². The van der Waals surface area contributed by atoms with Gasteiger partial charge in [0.1, 0.15) is 6.61 Å².